The molecule has 1 amide bonds. The molecule has 0 saturated heterocycles. The fourth-order valence-corrected chi connectivity index (χ4v) is 3.26. The average molecular weight is 338 g/mol. The highest BCUT2D eigenvalue weighted by molar-refractivity contribution is 6.06. The van der Waals surface area contributed by atoms with E-state index < -0.39 is 5.91 Å². The Hall–Kier alpha value is -2.89. The third-order valence-corrected chi connectivity index (χ3v) is 4.40. The van der Waals surface area contributed by atoms with Crippen LogP contribution in [0.1, 0.15) is 52.8 Å². The number of amides is 1. The quantitative estimate of drug-likeness (QED) is 0.765. The number of rotatable bonds is 4. The normalized spacial score (nSPS) is 11.4. The molecule has 0 fully saturated rings. The number of carbonyl (C=O) groups is 1. The van der Waals surface area contributed by atoms with Crippen molar-refractivity contribution >= 4 is 16.8 Å². The Morgan fingerprint density at radius 1 is 1.32 bits per heavy atom. The van der Waals surface area contributed by atoms with Gasteiger partial charge in [0.2, 0.25) is 5.91 Å². The van der Waals surface area contributed by atoms with E-state index >= 15 is 0 Å². The molecule has 0 aliphatic rings. The summed E-state index contributed by atoms with van der Waals surface area (Å²) in [5, 5.41) is 5.41. The Morgan fingerprint density at radius 2 is 2.04 bits per heavy atom. The van der Waals surface area contributed by atoms with Crippen molar-refractivity contribution in [2.45, 2.75) is 40.2 Å². The van der Waals surface area contributed by atoms with Gasteiger partial charge in [0, 0.05) is 29.1 Å². The van der Waals surface area contributed by atoms with Crippen LogP contribution in [0, 0.1) is 13.8 Å². The summed E-state index contributed by atoms with van der Waals surface area (Å²) in [6.45, 7) is 7.81. The fourth-order valence-electron chi connectivity index (χ4n) is 3.26. The molecule has 0 atom stereocenters. The van der Waals surface area contributed by atoms with Gasteiger partial charge in [0.1, 0.15) is 0 Å². The van der Waals surface area contributed by atoms with Crippen molar-refractivity contribution in [2.24, 2.45) is 5.73 Å². The maximum atomic E-state index is 12.4. The largest absolute Gasteiger partial charge is 0.366 e. The maximum Gasteiger partial charge on any atom is 0.251 e. The molecule has 2 aromatic heterocycles. The first-order chi connectivity index (χ1) is 11.8. The summed E-state index contributed by atoms with van der Waals surface area (Å²) >= 11 is 0. The Bertz CT molecular complexity index is 1030. The zero-order valence-electron chi connectivity index (χ0n) is 14.9. The molecule has 0 unspecified atom stereocenters. The van der Waals surface area contributed by atoms with Gasteiger partial charge in [-0.2, -0.15) is 5.10 Å². The predicted molar refractivity (Wildman–Crippen MR) is 98.0 cm³/mol. The molecule has 6 nitrogen and oxygen atoms in total. The molecule has 0 spiro atoms. The molecule has 3 N–H and O–H groups in total. The Balaban J connectivity index is 2.26. The standard InChI is InChI=1S/C19H22N4O2/c1-10(2)23-16-7-5-6-13(18(20)24)17(16)15(22-23)9-14-11(3)8-12(4)21-19(14)25/h5-8,10H,9H2,1-4H3,(H2,20,24)(H,21,25). The molecule has 130 valence electrons. The number of aromatic amines is 1. The fraction of sp³-hybridized carbons (Fsp3) is 0.316. The zero-order chi connectivity index (χ0) is 18.3. The van der Waals surface area contributed by atoms with Gasteiger partial charge in [-0.05, 0) is 51.5 Å². The molecule has 3 rings (SSSR count). The number of carbonyl (C=O) groups excluding carboxylic acids is 1. The Kier molecular flexibility index (Phi) is 4.20. The van der Waals surface area contributed by atoms with Gasteiger partial charge in [-0.15, -0.1) is 0 Å². The minimum atomic E-state index is -0.496. The molecule has 2 heterocycles. The SMILES string of the molecule is Cc1cc(C)c(Cc2nn(C(C)C)c3cccc(C(N)=O)c23)c(=O)[nH]1. The summed E-state index contributed by atoms with van der Waals surface area (Å²) < 4.78 is 1.87. The predicted octanol–water partition coefficient (Wildman–Crippen LogP) is 2.61. The van der Waals surface area contributed by atoms with Crippen molar-refractivity contribution in [2.75, 3.05) is 0 Å². The van der Waals surface area contributed by atoms with Gasteiger partial charge in [0.15, 0.2) is 0 Å². The van der Waals surface area contributed by atoms with Crippen LogP contribution in [0.4, 0.5) is 0 Å². The van der Waals surface area contributed by atoms with Gasteiger partial charge >= 0.3 is 0 Å². The van der Waals surface area contributed by atoms with Crippen LogP contribution in [0.25, 0.3) is 10.9 Å². The molecule has 0 aliphatic heterocycles. The number of nitrogens with one attached hydrogen (secondary N) is 1. The van der Waals surface area contributed by atoms with E-state index in [9.17, 15) is 9.59 Å². The number of aromatic nitrogens is 3. The van der Waals surface area contributed by atoms with Gasteiger partial charge in [-0.1, -0.05) is 6.07 Å². The molecule has 25 heavy (non-hydrogen) atoms. The van der Waals surface area contributed by atoms with Crippen LogP contribution in [0.15, 0.2) is 29.1 Å². The number of fused-ring (bicyclic) bond motifs is 1. The van der Waals surface area contributed by atoms with E-state index in [1.54, 1.807) is 12.1 Å². The van der Waals surface area contributed by atoms with Crippen LogP contribution in [-0.4, -0.2) is 20.7 Å². The molecular weight excluding hydrogens is 316 g/mol. The number of nitrogens with zero attached hydrogens (tertiary/aromatic N) is 2. The van der Waals surface area contributed by atoms with E-state index in [0.29, 0.717) is 23.2 Å². The lowest BCUT2D eigenvalue weighted by Crippen LogP contribution is -2.17. The molecule has 0 radical (unpaired) electrons. The van der Waals surface area contributed by atoms with Crippen LogP contribution < -0.4 is 11.3 Å². The summed E-state index contributed by atoms with van der Waals surface area (Å²) in [7, 11) is 0. The second kappa shape index (κ2) is 6.20. The molecule has 0 bridgehead atoms. The lowest BCUT2D eigenvalue weighted by atomic mass is 10.0. The van der Waals surface area contributed by atoms with E-state index in [4.69, 9.17) is 5.73 Å². The average Bonchev–Trinajstić information content (AvgIpc) is 2.89. The highest BCUT2D eigenvalue weighted by Crippen LogP contribution is 2.27. The number of pyridine rings is 1. The van der Waals surface area contributed by atoms with E-state index in [1.165, 1.54) is 0 Å². The van der Waals surface area contributed by atoms with Gasteiger partial charge in [-0.3, -0.25) is 14.3 Å². The molecule has 3 aromatic rings. The van der Waals surface area contributed by atoms with E-state index in [-0.39, 0.29) is 11.6 Å². The van der Waals surface area contributed by atoms with E-state index in [1.807, 2.05) is 44.5 Å². The first-order valence-electron chi connectivity index (χ1n) is 8.29. The van der Waals surface area contributed by atoms with Crippen LogP contribution in [0.2, 0.25) is 0 Å². The number of nitrogens with two attached hydrogens (primary N) is 1. The van der Waals surface area contributed by atoms with Gasteiger partial charge in [0.05, 0.1) is 16.8 Å². The maximum absolute atomic E-state index is 12.4. The topological polar surface area (TPSA) is 93.8 Å². The zero-order valence-corrected chi connectivity index (χ0v) is 14.9. The lowest BCUT2D eigenvalue weighted by molar-refractivity contribution is 0.100. The molecule has 0 aliphatic carbocycles. The monoisotopic (exact) mass is 338 g/mol. The second-order valence-electron chi connectivity index (χ2n) is 6.67. The summed E-state index contributed by atoms with van der Waals surface area (Å²) in [5.41, 5.74) is 9.79. The van der Waals surface area contributed by atoms with Crippen LogP contribution in [-0.2, 0) is 6.42 Å². The van der Waals surface area contributed by atoms with Crippen molar-refractivity contribution in [3.8, 4) is 0 Å². The van der Waals surface area contributed by atoms with Gasteiger partial charge < -0.3 is 10.7 Å². The number of hydrogen-bond donors (Lipinski definition) is 2. The summed E-state index contributed by atoms with van der Waals surface area (Å²) in [4.78, 5) is 27.1. The first-order valence-corrected chi connectivity index (χ1v) is 8.29. The van der Waals surface area contributed by atoms with Crippen molar-refractivity contribution in [3.05, 3.63) is 62.7 Å². The van der Waals surface area contributed by atoms with Crippen molar-refractivity contribution in [1.29, 1.82) is 0 Å². The smallest absolute Gasteiger partial charge is 0.251 e. The minimum Gasteiger partial charge on any atom is -0.366 e. The van der Waals surface area contributed by atoms with Crippen molar-refractivity contribution in [1.82, 2.24) is 14.8 Å². The number of aryl methyl sites for hydroxylation is 2. The molecular formula is C19H22N4O2. The summed E-state index contributed by atoms with van der Waals surface area (Å²) in [5.74, 6) is -0.496. The Morgan fingerprint density at radius 3 is 2.64 bits per heavy atom. The molecule has 6 heteroatoms. The lowest BCUT2D eigenvalue weighted by Gasteiger charge is -2.07. The highest BCUT2D eigenvalue weighted by Gasteiger charge is 2.20. The van der Waals surface area contributed by atoms with Gasteiger partial charge in [0.25, 0.3) is 5.56 Å². The second-order valence-corrected chi connectivity index (χ2v) is 6.67. The first kappa shape index (κ1) is 17.0. The van der Waals surface area contributed by atoms with Crippen molar-refractivity contribution in [3.63, 3.8) is 0 Å². The summed E-state index contributed by atoms with van der Waals surface area (Å²) in [6.07, 6.45) is 0.349. The van der Waals surface area contributed by atoms with E-state index in [0.717, 1.165) is 22.2 Å². The number of hydrogen-bond acceptors (Lipinski definition) is 3. The number of primary amides is 1. The van der Waals surface area contributed by atoms with Crippen LogP contribution >= 0.6 is 0 Å². The number of benzene rings is 1. The van der Waals surface area contributed by atoms with Crippen molar-refractivity contribution < 1.29 is 4.79 Å². The Labute approximate surface area is 145 Å². The third-order valence-electron chi connectivity index (χ3n) is 4.40. The van der Waals surface area contributed by atoms with E-state index in [2.05, 4.69) is 10.1 Å². The molecule has 1 aromatic carbocycles. The highest BCUT2D eigenvalue weighted by atomic mass is 16.1. The van der Waals surface area contributed by atoms with Gasteiger partial charge in [-0.25, -0.2) is 0 Å². The van der Waals surface area contributed by atoms with Crippen LogP contribution in [0.5, 0.6) is 0 Å². The third kappa shape index (κ3) is 2.95. The van der Waals surface area contributed by atoms with Crippen LogP contribution in [0.3, 0.4) is 0 Å². The summed E-state index contributed by atoms with van der Waals surface area (Å²) in [6, 6.07) is 7.48. The molecule has 0 saturated carbocycles. The number of H-pyrrole nitrogens is 1. The minimum absolute atomic E-state index is 0.122.